The minimum absolute atomic E-state index is 0.127. The molecule has 96 valence electrons. The Balaban J connectivity index is 2.12. The fourth-order valence-corrected chi connectivity index (χ4v) is 1.93. The zero-order chi connectivity index (χ0) is 13.4. The van der Waals surface area contributed by atoms with Gasteiger partial charge in [0.05, 0.1) is 23.1 Å². The van der Waals surface area contributed by atoms with Gasteiger partial charge in [0.1, 0.15) is 12.0 Å². The first kappa shape index (κ1) is 11.3. The van der Waals surface area contributed by atoms with Crippen molar-refractivity contribution in [2.45, 2.75) is 6.54 Å². The molecule has 3 aromatic rings. The number of aromatic carboxylic acids is 1. The molecule has 3 rings (SSSR count). The average Bonchev–Trinajstić information content (AvgIpc) is 2.98. The van der Waals surface area contributed by atoms with Crippen molar-refractivity contribution in [2.24, 2.45) is 0 Å². The lowest BCUT2D eigenvalue weighted by Crippen LogP contribution is -2.17. The Morgan fingerprint density at radius 2 is 2.26 bits per heavy atom. The van der Waals surface area contributed by atoms with Crippen LogP contribution in [-0.4, -0.2) is 25.8 Å². The van der Waals surface area contributed by atoms with E-state index < -0.39 is 5.97 Å². The molecule has 0 spiro atoms. The standard InChI is InChI=1S/C12H9N3O4/c16-11(17)7-1-2-10-9(5-7)13-12(18)15(10)6-8-3-4-19-14-8/h1-5H,6H2,(H,13,18)(H,16,17). The van der Waals surface area contributed by atoms with E-state index in [4.69, 9.17) is 9.63 Å². The van der Waals surface area contributed by atoms with Gasteiger partial charge in [0, 0.05) is 6.07 Å². The molecule has 7 nitrogen and oxygen atoms in total. The number of imidazole rings is 1. The van der Waals surface area contributed by atoms with E-state index in [2.05, 4.69) is 10.1 Å². The minimum Gasteiger partial charge on any atom is -0.478 e. The van der Waals surface area contributed by atoms with Crippen LogP contribution in [0.25, 0.3) is 11.0 Å². The number of aromatic nitrogens is 3. The third-order valence-electron chi connectivity index (χ3n) is 2.83. The lowest BCUT2D eigenvalue weighted by Gasteiger charge is -2.00. The van der Waals surface area contributed by atoms with Gasteiger partial charge in [-0.3, -0.25) is 4.57 Å². The van der Waals surface area contributed by atoms with Crippen molar-refractivity contribution in [3.63, 3.8) is 0 Å². The summed E-state index contributed by atoms with van der Waals surface area (Å²) < 4.78 is 6.18. The van der Waals surface area contributed by atoms with Crippen LogP contribution >= 0.6 is 0 Å². The number of carbonyl (C=O) groups is 1. The number of benzene rings is 1. The maximum absolute atomic E-state index is 11.8. The zero-order valence-corrected chi connectivity index (χ0v) is 9.66. The first-order chi connectivity index (χ1) is 9.15. The predicted molar refractivity (Wildman–Crippen MR) is 65.1 cm³/mol. The lowest BCUT2D eigenvalue weighted by molar-refractivity contribution is 0.0697. The van der Waals surface area contributed by atoms with Crippen LogP contribution in [0.1, 0.15) is 16.1 Å². The van der Waals surface area contributed by atoms with Gasteiger partial charge < -0.3 is 14.6 Å². The second-order valence-electron chi connectivity index (χ2n) is 4.04. The molecule has 2 aromatic heterocycles. The third kappa shape index (κ3) is 1.90. The molecule has 7 heteroatoms. The van der Waals surface area contributed by atoms with Crippen LogP contribution in [0.5, 0.6) is 0 Å². The third-order valence-corrected chi connectivity index (χ3v) is 2.83. The monoisotopic (exact) mass is 259 g/mol. The molecule has 0 aliphatic carbocycles. The second-order valence-corrected chi connectivity index (χ2v) is 4.04. The molecule has 0 saturated heterocycles. The van der Waals surface area contributed by atoms with Gasteiger partial charge in [-0.15, -0.1) is 0 Å². The molecule has 0 atom stereocenters. The summed E-state index contributed by atoms with van der Waals surface area (Å²) in [6, 6.07) is 6.14. The predicted octanol–water partition coefficient (Wildman–Crippen LogP) is 1.06. The summed E-state index contributed by atoms with van der Waals surface area (Å²) >= 11 is 0. The number of fused-ring (bicyclic) bond motifs is 1. The fraction of sp³-hybridized carbons (Fsp3) is 0.0833. The van der Waals surface area contributed by atoms with Crippen molar-refractivity contribution in [1.29, 1.82) is 0 Å². The lowest BCUT2D eigenvalue weighted by atomic mass is 10.2. The Labute approximate surface area is 106 Å². The van der Waals surface area contributed by atoms with E-state index in [-0.39, 0.29) is 17.8 Å². The highest BCUT2D eigenvalue weighted by molar-refractivity contribution is 5.92. The van der Waals surface area contributed by atoms with Crippen molar-refractivity contribution in [3.8, 4) is 0 Å². The van der Waals surface area contributed by atoms with Gasteiger partial charge in [0.25, 0.3) is 0 Å². The van der Waals surface area contributed by atoms with Gasteiger partial charge in [0.2, 0.25) is 0 Å². The number of hydrogen-bond donors (Lipinski definition) is 2. The summed E-state index contributed by atoms with van der Waals surface area (Å²) in [5, 5.41) is 12.6. The van der Waals surface area contributed by atoms with E-state index in [1.54, 1.807) is 12.1 Å². The number of H-pyrrole nitrogens is 1. The van der Waals surface area contributed by atoms with Crippen LogP contribution in [0.2, 0.25) is 0 Å². The van der Waals surface area contributed by atoms with Crippen LogP contribution in [0.4, 0.5) is 0 Å². The molecule has 1 aromatic carbocycles. The number of hydrogen-bond acceptors (Lipinski definition) is 4. The van der Waals surface area contributed by atoms with E-state index in [0.717, 1.165) is 0 Å². The maximum Gasteiger partial charge on any atom is 0.335 e. The normalized spacial score (nSPS) is 10.9. The summed E-state index contributed by atoms with van der Waals surface area (Å²) in [5.74, 6) is -1.04. The van der Waals surface area contributed by atoms with Gasteiger partial charge in [-0.2, -0.15) is 0 Å². The molecule has 0 fully saturated rings. The molecule has 0 aliphatic rings. The first-order valence-corrected chi connectivity index (χ1v) is 5.50. The Morgan fingerprint density at radius 3 is 2.95 bits per heavy atom. The Bertz CT molecular complexity index is 798. The van der Waals surface area contributed by atoms with E-state index in [1.165, 1.54) is 23.0 Å². The molecule has 0 unspecified atom stereocenters. The summed E-state index contributed by atoms with van der Waals surface area (Å²) in [4.78, 5) is 25.3. The maximum atomic E-state index is 11.8. The smallest absolute Gasteiger partial charge is 0.335 e. The van der Waals surface area contributed by atoms with Gasteiger partial charge in [0.15, 0.2) is 0 Å². The summed E-state index contributed by atoms with van der Waals surface area (Å²) in [6.45, 7) is 0.266. The van der Waals surface area contributed by atoms with E-state index >= 15 is 0 Å². The number of rotatable bonds is 3. The Morgan fingerprint density at radius 1 is 1.42 bits per heavy atom. The van der Waals surface area contributed by atoms with Gasteiger partial charge >= 0.3 is 11.7 Å². The van der Waals surface area contributed by atoms with Crippen LogP contribution < -0.4 is 5.69 Å². The molecule has 0 amide bonds. The van der Waals surface area contributed by atoms with Crippen LogP contribution in [-0.2, 0) is 6.54 Å². The molecule has 2 N–H and O–H groups in total. The summed E-state index contributed by atoms with van der Waals surface area (Å²) in [6.07, 6.45) is 1.43. The van der Waals surface area contributed by atoms with Crippen LogP contribution in [0.3, 0.4) is 0 Å². The second kappa shape index (κ2) is 4.13. The number of aromatic amines is 1. The highest BCUT2D eigenvalue weighted by Gasteiger charge is 2.11. The summed E-state index contributed by atoms with van der Waals surface area (Å²) in [7, 11) is 0. The molecule has 0 bridgehead atoms. The van der Waals surface area contributed by atoms with Gasteiger partial charge in [-0.25, -0.2) is 9.59 Å². The van der Waals surface area contributed by atoms with Crippen molar-refractivity contribution < 1.29 is 14.4 Å². The van der Waals surface area contributed by atoms with E-state index in [0.29, 0.717) is 16.7 Å². The topological polar surface area (TPSA) is 101 Å². The van der Waals surface area contributed by atoms with E-state index in [9.17, 15) is 9.59 Å². The quantitative estimate of drug-likeness (QED) is 0.732. The molecular weight excluding hydrogens is 250 g/mol. The Kier molecular flexibility index (Phi) is 2.45. The zero-order valence-electron chi connectivity index (χ0n) is 9.66. The number of carboxylic acid groups (broad SMARTS) is 1. The largest absolute Gasteiger partial charge is 0.478 e. The molecule has 0 saturated carbocycles. The summed E-state index contributed by atoms with van der Waals surface area (Å²) in [5.41, 5.74) is 1.53. The van der Waals surface area contributed by atoms with Crippen LogP contribution in [0, 0.1) is 0 Å². The SMILES string of the molecule is O=C(O)c1ccc2c(c1)[nH]c(=O)n2Cc1ccon1. The first-order valence-electron chi connectivity index (χ1n) is 5.50. The molecule has 19 heavy (non-hydrogen) atoms. The van der Waals surface area contributed by atoms with Crippen molar-refractivity contribution in [2.75, 3.05) is 0 Å². The average molecular weight is 259 g/mol. The van der Waals surface area contributed by atoms with E-state index in [1.807, 2.05) is 0 Å². The van der Waals surface area contributed by atoms with Crippen molar-refractivity contribution in [3.05, 3.63) is 52.3 Å². The Hall–Kier alpha value is -2.83. The fourth-order valence-electron chi connectivity index (χ4n) is 1.93. The number of carboxylic acids is 1. The molecule has 0 aliphatic heterocycles. The van der Waals surface area contributed by atoms with Crippen molar-refractivity contribution >= 4 is 17.0 Å². The highest BCUT2D eigenvalue weighted by atomic mass is 16.5. The minimum atomic E-state index is -1.04. The number of nitrogens with zero attached hydrogens (tertiary/aromatic N) is 2. The molecule has 0 radical (unpaired) electrons. The highest BCUT2D eigenvalue weighted by Crippen LogP contribution is 2.14. The van der Waals surface area contributed by atoms with Crippen LogP contribution in [0.15, 0.2) is 39.8 Å². The molecular formula is C12H9N3O4. The van der Waals surface area contributed by atoms with Crippen molar-refractivity contribution in [1.82, 2.24) is 14.7 Å². The van der Waals surface area contributed by atoms with Gasteiger partial charge in [-0.05, 0) is 18.2 Å². The number of nitrogens with one attached hydrogen (secondary N) is 1. The van der Waals surface area contributed by atoms with Gasteiger partial charge in [-0.1, -0.05) is 5.16 Å². The molecule has 2 heterocycles.